The van der Waals surface area contributed by atoms with Gasteiger partial charge in [0.1, 0.15) is 11.6 Å². The molecule has 0 amide bonds. The van der Waals surface area contributed by atoms with E-state index in [1.807, 2.05) is 13.0 Å². The molecule has 1 atom stereocenters. The molecule has 0 spiro atoms. The molecule has 0 aliphatic carbocycles. The van der Waals surface area contributed by atoms with Gasteiger partial charge in [0, 0.05) is 25.2 Å². The van der Waals surface area contributed by atoms with Crippen molar-refractivity contribution in [1.82, 2.24) is 24.9 Å². The number of nitrogens with zero attached hydrogens (tertiary/aromatic N) is 4. The molecule has 7 nitrogen and oxygen atoms in total. The number of nitrogens with one attached hydrogen (secondary N) is 2. The predicted octanol–water partition coefficient (Wildman–Crippen LogP) is 0.694. The summed E-state index contributed by atoms with van der Waals surface area (Å²) in [5, 5.41) is 10.0. The van der Waals surface area contributed by atoms with E-state index in [-0.39, 0.29) is 5.69 Å². The van der Waals surface area contributed by atoms with Crippen LogP contribution in [0, 0.1) is 6.92 Å². The van der Waals surface area contributed by atoms with Gasteiger partial charge in [0.25, 0.3) is 0 Å². The molecule has 1 fully saturated rings. The summed E-state index contributed by atoms with van der Waals surface area (Å²) in [4.78, 5) is 18.7. The van der Waals surface area contributed by atoms with Gasteiger partial charge in [-0.3, -0.25) is 0 Å². The molecule has 2 aromatic rings. The Morgan fingerprint density at radius 3 is 3.10 bits per heavy atom. The minimum absolute atomic E-state index is 0.233. The molecule has 114 valence electrons. The first kappa shape index (κ1) is 14.1. The van der Waals surface area contributed by atoms with Gasteiger partial charge in [-0.05, 0) is 32.7 Å². The Morgan fingerprint density at radius 2 is 2.38 bits per heavy atom. The van der Waals surface area contributed by atoms with Crippen molar-refractivity contribution in [2.24, 2.45) is 0 Å². The molecule has 0 bridgehead atoms. The van der Waals surface area contributed by atoms with Crippen LogP contribution >= 0.6 is 0 Å². The molecule has 1 aliphatic heterocycles. The summed E-state index contributed by atoms with van der Waals surface area (Å²) < 4.78 is 1.51. The first-order valence-corrected chi connectivity index (χ1v) is 7.63. The van der Waals surface area contributed by atoms with Gasteiger partial charge in [0.05, 0.1) is 0 Å². The molecule has 0 saturated carbocycles. The SMILES string of the molecule is CCCN(c1cc2n[nH]c(=O)n2c(C)n1)C1CCCNC1. The summed E-state index contributed by atoms with van der Waals surface area (Å²) >= 11 is 0. The second-order valence-corrected chi connectivity index (χ2v) is 5.58. The van der Waals surface area contributed by atoms with Gasteiger partial charge in [-0.1, -0.05) is 6.92 Å². The van der Waals surface area contributed by atoms with E-state index in [9.17, 15) is 4.79 Å². The standard InChI is InChI=1S/C14H22N6O/c1-3-7-19(11-5-4-6-15-9-11)12-8-13-17-18-14(21)20(13)10(2)16-12/h8,11,15H,3-7,9H2,1-2H3,(H,18,21). The Morgan fingerprint density at radius 1 is 1.52 bits per heavy atom. The number of aryl methyl sites for hydroxylation is 1. The lowest BCUT2D eigenvalue weighted by molar-refractivity contribution is 0.428. The van der Waals surface area contributed by atoms with E-state index in [0.29, 0.717) is 17.5 Å². The van der Waals surface area contributed by atoms with Crippen LogP contribution in [0.15, 0.2) is 10.9 Å². The first-order valence-electron chi connectivity index (χ1n) is 7.63. The molecule has 3 rings (SSSR count). The van der Waals surface area contributed by atoms with Crippen LogP contribution in [0.2, 0.25) is 0 Å². The van der Waals surface area contributed by atoms with Crippen LogP contribution < -0.4 is 15.9 Å². The lowest BCUT2D eigenvalue weighted by atomic mass is 10.1. The highest BCUT2D eigenvalue weighted by Crippen LogP contribution is 2.20. The number of anilines is 1. The van der Waals surface area contributed by atoms with Crippen LogP contribution in [0.3, 0.4) is 0 Å². The van der Waals surface area contributed by atoms with Crippen LogP contribution in [0.4, 0.5) is 5.82 Å². The number of hydrogen-bond donors (Lipinski definition) is 2. The van der Waals surface area contributed by atoms with Crippen LogP contribution in [-0.2, 0) is 0 Å². The third kappa shape index (κ3) is 2.65. The van der Waals surface area contributed by atoms with Gasteiger partial charge >= 0.3 is 5.69 Å². The normalized spacial score (nSPS) is 19.0. The van der Waals surface area contributed by atoms with Gasteiger partial charge < -0.3 is 10.2 Å². The minimum Gasteiger partial charge on any atom is -0.352 e. The van der Waals surface area contributed by atoms with E-state index in [0.717, 1.165) is 31.9 Å². The summed E-state index contributed by atoms with van der Waals surface area (Å²) in [7, 11) is 0. The van der Waals surface area contributed by atoms with Gasteiger partial charge in [0.2, 0.25) is 0 Å². The highest BCUT2D eigenvalue weighted by molar-refractivity contribution is 5.52. The van der Waals surface area contributed by atoms with E-state index in [1.165, 1.54) is 17.2 Å². The van der Waals surface area contributed by atoms with Crippen molar-refractivity contribution >= 4 is 11.5 Å². The summed E-state index contributed by atoms with van der Waals surface area (Å²) in [5.41, 5.74) is 0.398. The topological polar surface area (TPSA) is 78.3 Å². The molecular formula is C14H22N6O. The maximum absolute atomic E-state index is 11.7. The van der Waals surface area contributed by atoms with Crippen molar-refractivity contribution in [2.75, 3.05) is 24.5 Å². The molecule has 2 N–H and O–H groups in total. The first-order chi connectivity index (χ1) is 10.2. The molecule has 1 aliphatic rings. The van der Waals surface area contributed by atoms with Crippen molar-refractivity contribution in [3.8, 4) is 0 Å². The van der Waals surface area contributed by atoms with Gasteiger partial charge in [-0.2, -0.15) is 5.10 Å². The lowest BCUT2D eigenvalue weighted by Gasteiger charge is -2.35. The zero-order chi connectivity index (χ0) is 14.8. The molecule has 3 heterocycles. The number of H-pyrrole nitrogens is 1. The summed E-state index contributed by atoms with van der Waals surface area (Å²) in [5.74, 6) is 1.58. The molecule has 21 heavy (non-hydrogen) atoms. The van der Waals surface area contributed by atoms with E-state index >= 15 is 0 Å². The largest absolute Gasteiger partial charge is 0.352 e. The second kappa shape index (κ2) is 5.85. The molecule has 2 aromatic heterocycles. The number of aromatic amines is 1. The lowest BCUT2D eigenvalue weighted by Crippen LogP contribution is -2.47. The number of piperidine rings is 1. The van der Waals surface area contributed by atoms with Crippen LogP contribution in [0.5, 0.6) is 0 Å². The van der Waals surface area contributed by atoms with Crippen molar-refractivity contribution in [1.29, 1.82) is 0 Å². The van der Waals surface area contributed by atoms with E-state index in [1.54, 1.807) is 0 Å². The zero-order valence-electron chi connectivity index (χ0n) is 12.6. The van der Waals surface area contributed by atoms with E-state index in [4.69, 9.17) is 0 Å². The summed E-state index contributed by atoms with van der Waals surface area (Å²) in [6.45, 7) is 7.06. The predicted molar refractivity (Wildman–Crippen MR) is 81.9 cm³/mol. The van der Waals surface area contributed by atoms with Crippen LogP contribution in [0.25, 0.3) is 5.65 Å². The average molecular weight is 290 g/mol. The number of aromatic nitrogens is 4. The van der Waals surface area contributed by atoms with Crippen molar-refractivity contribution in [3.63, 3.8) is 0 Å². The monoisotopic (exact) mass is 290 g/mol. The maximum atomic E-state index is 11.7. The fourth-order valence-corrected chi connectivity index (χ4v) is 3.05. The number of rotatable bonds is 4. The Kier molecular flexibility index (Phi) is 3.92. The van der Waals surface area contributed by atoms with E-state index < -0.39 is 0 Å². The number of fused-ring (bicyclic) bond motifs is 1. The molecule has 1 saturated heterocycles. The fraction of sp³-hybridized carbons (Fsp3) is 0.643. The molecule has 0 radical (unpaired) electrons. The van der Waals surface area contributed by atoms with Crippen molar-refractivity contribution < 1.29 is 0 Å². The quantitative estimate of drug-likeness (QED) is 0.866. The summed E-state index contributed by atoms with van der Waals surface area (Å²) in [6.07, 6.45) is 3.43. The third-order valence-electron chi connectivity index (χ3n) is 4.03. The van der Waals surface area contributed by atoms with Gasteiger partial charge in [-0.25, -0.2) is 19.3 Å². The van der Waals surface area contributed by atoms with E-state index in [2.05, 4.69) is 32.3 Å². The molecule has 7 heteroatoms. The van der Waals surface area contributed by atoms with Crippen LogP contribution in [-0.4, -0.2) is 45.3 Å². The molecule has 0 aromatic carbocycles. The number of hydrogen-bond acceptors (Lipinski definition) is 5. The average Bonchev–Trinajstić information content (AvgIpc) is 2.87. The van der Waals surface area contributed by atoms with Gasteiger partial charge in [0.15, 0.2) is 5.65 Å². The molecule has 1 unspecified atom stereocenters. The smallest absolute Gasteiger partial charge is 0.349 e. The Hall–Kier alpha value is -1.89. The third-order valence-corrected chi connectivity index (χ3v) is 4.03. The van der Waals surface area contributed by atoms with Crippen molar-refractivity contribution in [3.05, 3.63) is 22.4 Å². The Labute approximate surface area is 123 Å². The fourth-order valence-electron chi connectivity index (χ4n) is 3.05. The minimum atomic E-state index is -0.233. The van der Waals surface area contributed by atoms with Crippen molar-refractivity contribution in [2.45, 2.75) is 39.2 Å². The Balaban J connectivity index is 2.00. The maximum Gasteiger partial charge on any atom is 0.349 e. The zero-order valence-corrected chi connectivity index (χ0v) is 12.6. The highest BCUT2D eigenvalue weighted by Gasteiger charge is 2.22. The van der Waals surface area contributed by atoms with Crippen LogP contribution in [0.1, 0.15) is 32.0 Å². The summed E-state index contributed by atoms with van der Waals surface area (Å²) in [6, 6.07) is 2.36. The molecular weight excluding hydrogens is 268 g/mol. The highest BCUT2D eigenvalue weighted by atomic mass is 16.1. The second-order valence-electron chi connectivity index (χ2n) is 5.58. The Bertz CT molecular complexity index is 670. The van der Waals surface area contributed by atoms with Gasteiger partial charge in [-0.15, -0.1) is 0 Å².